The molecule has 1 atom stereocenters. The molecule has 1 aromatic heterocycles. The topological polar surface area (TPSA) is 137 Å². The van der Waals surface area contributed by atoms with Crippen molar-refractivity contribution in [1.82, 2.24) is 5.59 Å². The number of carbonyl (C=O) groups excluding carboxylic acids is 3. The summed E-state index contributed by atoms with van der Waals surface area (Å²) in [6.07, 6.45) is 0.776. The number of nitrogens with two attached hydrogens (primary N) is 1. The van der Waals surface area contributed by atoms with E-state index in [1.807, 2.05) is 0 Å². The number of ketones is 1. The van der Waals surface area contributed by atoms with E-state index in [1.54, 1.807) is 23.1 Å². The van der Waals surface area contributed by atoms with Gasteiger partial charge in [-0.25, -0.2) is 4.39 Å². The lowest BCUT2D eigenvalue weighted by atomic mass is 10.00. The number of halogens is 2. The molecule has 0 bridgehead atoms. The highest BCUT2D eigenvalue weighted by Crippen LogP contribution is 2.44. The van der Waals surface area contributed by atoms with E-state index in [0.717, 1.165) is 6.07 Å². The Bertz CT molecular complexity index is 1090. The molecule has 0 spiro atoms. The second-order valence-electron chi connectivity index (χ2n) is 6.70. The van der Waals surface area contributed by atoms with Crippen molar-refractivity contribution in [3.05, 3.63) is 61.4 Å². The quantitative estimate of drug-likeness (QED) is 0.101. The van der Waals surface area contributed by atoms with Crippen molar-refractivity contribution >= 4 is 51.9 Å². The first kappa shape index (κ1) is 23.5. The van der Waals surface area contributed by atoms with Gasteiger partial charge in [-0.3, -0.25) is 19.2 Å². The van der Waals surface area contributed by atoms with Crippen LogP contribution in [0.2, 0.25) is 5.02 Å². The van der Waals surface area contributed by atoms with E-state index >= 15 is 0 Å². The minimum atomic E-state index is -1.37. The number of amides is 1. The molecule has 1 aliphatic carbocycles. The molecule has 1 amide bonds. The standard InChI is InChI=1S/C20H17ClFN3O6S/c21-12-8-10-11(9-13(12)22)16(18(27)17(10)20(23)28)19(14-4-3-7-32-14)31-15(26)5-1-2-6-30-25-24-29/h3-4,7-9,17H,1-2,5-6H2,(H2,23,28)(H,25,29)/b19-16+. The summed E-state index contributed by atoms with van der Waals surface area (Å²) in [6.45, 7) is 0.143. The third-order valence-electron chi connectivity index (χ3n) is 4.63. The molecule has 1 unspecified atom stereocenters. The largest absolute Gasteiger partial charge is 0.424 e. The van der Waals surface area contributed by atoms with Gasteiger partial charge in [0.05, 0.1) is 27.4 Å². The maximum Gasteiger partial charge on any atom is 0.311 e. The Morgan fingerprint density at radius 3 is 2.75 bits per heavy atom. The van der Waals surface area contributed by atoms with Crippen LogP contribution in [0.3, 0.4) is 0 Å². The average molecular weight is 482 g/mol. The molecule has 0 radical (unpaired) electrons. The lowest BCUT2D eigenvalue weighted by molar-refractivity contribution is -0.136. The Morgan fingerprint density at radius 1 is 1.31 bits per heavy atom. The third-order valence-corrected chi connectivity index (χ3v) is 5.79. The van der Waals surface area contributed by atoms with E-state index in [9.17, 15) is 23.7 Å². The summed E-state index contributed by atoms with van der Waals surface area (Å²) < 4.78 is 19.8. The Labute approximate surface area is 190 Å². The van der Waals surface area contributed by atoms with E-state index in [1.165, 1.54) is 17.4 Å². The molecule has 0 fully saturated rings. The van der Waals surface area contributed by atoms with Crippen LogP contribution in [0.4, 0.5) is 4.39 Å². The van der Waals surface area contributed by atoms with E-state index < -0.39 is 29.4 Å². The van der Waals surface area contributed by atoms with Gasteiger partial charge < -0.3 is 10.5 Å². The second kappa shape index (κ2) is 10.4. The fourth-order valence-electron chi connectivity index (χ4n) is 3.27. The number of nitrogens with one attached hydrogen (secondary N) is 1. The van der Waals surface area contributed by atoms with Crippen molar-refractivity contribution in [3.8, 4) is 0 Å². The number of nitrogens with zero attached hydrogens (tertiary/aromatic N) is 1. The molecular formula is C20H17ClFN3O6S. The van der Waals surface area contributed by atoms with Gasteiger partial charge in [0.2, 0.25) is 5.91 Å². The zero-order chi connectivity index (χ0) is 23.3. The average Bonchev–Trinajstić information content (AvgIpc) is 3.36. The smallest absolute Gasteiger partial charge is 0.311 e. The van der Waals surface area contributed by atoms with Gasteiger partial charge >= 0.3 is 5.97 Å². The first-order valence-corrected chi connectivity index (χ1v) is 10.6. The van der Waals surface area contributed by atoms with Crippen LogP contribution in [0.1, 0.15) is 41.2 Å². The number of Topliss-reactive ketones (excluding diaryl/α,β-unsaturated/α-hetero) is 1. The normalized spacial score (nSPS) is 16.4. The molecule has 1 aromatic carbocycles. The minimum absolute atomic E-state index is 0.0185. The van der Waals surface area contributed by atoms with E-state index in [0.29, 0.717) is 17.7 Å². The third kappa shape index (κ3) is 5.01. The van der Waals surface area contributed by atoms with Crippen LogP contribution in [-0.4, -0.2) is 24.3 Å². The number of thiophene rings is 1. The van der Waals surface area contributed by atoms with E-state index in [4.69, 9.17) is 22.1 Å². The van der Waals surface area contributed by atoms with Crippen LogP contribution in [0.25, 0.3) is 11.3 Å². The predicted octanol–water partition coefficient (Wildman–Crippen LogP) is 3.48. The van der Waals surface area contributed by atoms with Gasteiger partial charge in [-0.05, 0) is 47.5 Å². The minimum Gasteiger partial charge on any atom is -0.424 e. The second-order valence-corrected chi connectivity index (χ2v) is 8.05. The van der Waals surface area contributed by atoms with E-state index in [2.05, 4.69) is 10.1 Å². The summed E-state index contributed by atoms with van der Waals surface area (Å²) in [5.41, 5.74) is 7.35. The summed E-state index contributed by atoms with van der Waals surface area (Å²) >= 11 is 7.05. The molecule has 0 saturated heterocycles. The van der Waals surface area contributed by atoms with Crippen LogP contribution < -0.4 is 11.3 Å². The van der Waals surface area contributed by atoms with Gasteiger partial charge in [-0.15, -0.1) is 21.8 Å². The summed E-state index contributed by atoms with van der Waals surface area (Å²) in [6, 6.07) is 5.53. The number of rotatable bonds is 10. The van der Waals surface area contributed by atoms with Crippen LogP contribution in [0.5, 0.6) is 0 Å². The number of benzene rings is 1. The first-order valence-electron chi connectivity index (χ1n) is 9.36. The fraction of sp³-hybridized carbons (Fsp3) is 0.250. The van der Waals surface area contributed by atoms with Crippen molar-refractivity contribution in [2.24, 2.45) is 11.0 Å². The molecule has 3 rings (SSSR count). The lowest BCUT2D eigenvalue weighted by Crippen LogP contribution is -2.25. The maximum absolute atomic E-state index is 14.2. The summed E-state index contributed by atoms with van der Waals surface area (Å²) in [5.74, 6) is -4.52. The highest BCUT2D eigenvalue weighted by molar-refractivity contribution is 7.11. The number of nitroso groups, excluding NO2 is 1. The molecule has 1 heterocycles. The first-order chi connectivity index (χ1) is 15.3. The number of unbranched alkanes of at least 4 members (excludes halogenated alkanes) is 1. The number of esters is 1. The van der Waals surface area contributed by atoms with Crippen molar-refractivity contribution in [2.75, 3.05) is 6.61 Å². The molecule has 1 aliphatic rings. The highest BCUT2D eigenvalue weighted by Gasteiger charge is 2.42. The molecule has 0 aliphatic heterocycles. The van der Waals surface area contributed by atoms with Crippen molar-refractivity contribution in [3.63, 3.8) is 0 Å². The number of carbonyl (C=O) groups is 3. The molecule has 12 heteroatoms. The molecule has 0 saturated carbocycles. The monoisotopic (exact) mass is 481 g/mol. The number of fused-ring (bicyclic) bond motifs is 1. The Balaban J connectivity index is 1.95. The van der Waals surface area contributed by atoms with Crippen molar-refractivity contribution in [1.29, 1.82) is 0 Å². The zero-order valence-corrected chi connectivity index (χ0v) is 18.0. The summed E-state index contributed by atoms with van der Waals surface area (Å²) in [5, 5.41) is 3.77. The van der Waals surface area contributed by atoms with Gasteiger partial charge in [0.15, 0.2) is 11.5 Å². The SMILES string of the molecule is NC(=O)C1C(=O)/C(=C(/OC(=O)CCCCONN=O)c2cccs2)c2cc(F)c(Cl)cc21. The lowest BCUT2D eigenvalue weighted by Gasteiger charge is -2.11. The van der Waals surface area contributed by atoms with E-state index in [-0.39, 0.29) is 40.5 Å². The number of hydrogen-bond donors (Lipinski definition) is 2. The van der Waals surface area contributed by atoms with Gasteiger partial charge in [-0.1, -0.05) is 17.7 Å². The Kier molecular flexibility index (Phi) is 7.67. The molecule has 168 valence electrons. The molecular weight excluding hydrogens is 465 g/mol. The van der Waals surface area contributed by atoms with Gasteiger partial charge in [-0.2, -0.15) is 0 Å². The van der Waals surface area contributed by atoms with Crippen molar-refractivity contribution in [2.45, 2.75) is 25.2 Å². The molecule has 2 aromatic rings. The van der Waals surface area contributed by atoms with Crippen molar-refractivity contribution < 1.29 is 28.3 Å². The van der Waals surface area contributed by atoms with Crippen LogP contribution in [0.15, 0.2) is 34.9 Å². The van der Waals surface area contributed by atoms with Gasteiger partial charge in [0, 0.05) is 6.42 Å². The molecule has 9 nitrogen and oxygen atoms in total. The zero-order valence-electron chi connectivity index (χ0n) is 16.4. The van der Waals surface area contributed by atoms with Gasteiger partial charge in [0.25, 0.3) is 0 Å². The van der Waals surface area contributed by atoms with Gasteiger partial charge in [0.1, 0.15) is 11.7 Å². The number of hydrogen-bond acceptors (Lipinski definition) is 8. The number of ether oxygens (including phenoxy) is 1. The molecule has 32 heavy (non-hydrogen) atoms. The summed E-state index contributed by atoms with van der Waals surface area (Å²) in [4.78, 5) is 52.6. The fourth-order valence-corrected chi connectivity index (χ4v) is 4.15. The summed E-state index contributed by atoms with van der Waals surface area (Å²) in [7, 11) is 0. The number of allylic oxidation sites excluding steroid dienone is 1. The molecule has 3 N–H and O–H groups in total. The maximum atomic E-state index is 14.2. The Hall–Kier alpha value is -3.15. The van der Waals surface area contributed by atoms with Crippen LogP contribution in [-0.2, 0) is 24.0 Å². The number of primary amides is 1. The highest BCUT2D eigenvalue weighted by atomic mass is 35.5. The van der Waals surface area contributed by atoms with Crippen LogP contribution >= 0.6 is 22.9 Å². The Morgan fingerprint density at radius 2 is 2.09 bits per heavy atom. The predicted molar refractivity (Wildman–Crippen MR) is 114 cm³/mol. The van der Waals surface area contributed by atoms with Crippen LogP contribution in [0, 0.1) is 10.7 Å².